The van der Waals surface area contributed by atoms with Crippen LogP contribution < -0.4 is 0 Å². The van der Waals surface area contributed by atoms with Crippen LogP contribution in [-0.2, 0) is 21.4 Å². The van der Waals surface area contributed by atoms with Crippen molar-refractivity contribution in [1.29, 1.82) is 0 Å². The van der Waals surface area contributed by atoms with Gasteiger partial charge in [-0.15, -0.1) is 6.58 Å². The summed E-state index contributed by atoms with van der Waals surface area (Å²) in [6.07, 6.45) is 5.42. The average molecular weight is 452 g/mol. The third kappa shape index (κ3) is 3.51. The van der Waals surface area contributed by atoms with Gasteiger partial charge in [-0.1, -0.05) is 24.3 Å². The molecule has 3 aromatic rings. The second-order valence-corrected chi connectivity index (χ2v) is 10.1. The van der Waals surface area contributed by atoms with Crippen molar-refractivity contribution in [1.82, 2.24) is 24.2 Å². The maximum atomic E-state index is 13.8. The van der Waals surface area contributed by atoms with E-state index < -0.39 is 16.1 Å². The first-order valence-corrected chi connectivity index (χ1v) is 12.2. The highest BCUT2D eigenvalue weighted by molar-refractivity contribution is 7.89. The van der Waals surface area contributed by atoms with Crippen molar-refractivity contribution >= 4 is 27.0 Å². The van der Waals surface area contributed by atoms with E-state index in [2.05, 4.69) is 21.5 Å². The van der Waals surface area contributed by atoms with Gasteiger partial charge in [0.25, 0.3) is 10.0 Å². The van der Waals surface area contributed by atoms with Crippen molar-refractivity contribution in [2.24, 2.45) is 5.92 Å². The molecule has 2 aliphatic rings. The lowest BCUT2D eigenvalue weighted by molar-refractivity contribution is -0.135. The number of nitrogens with zero attached hydrogens (tertiary/aromatic N) is 4. The van der Waals surface area contributed by atoms with Gasteiger partial charge >= 0.3 is 0 Å². The van der Waals surface area contributed by atoms with Crippen LogP contribution in [0.1, 0.15) is 25.0 Å². The number of nitrogens with one attached hydrogen (secondary N) is 1. The van der Waals surface area contributed by atoms with E-state index in [9.17, 15) is 13.2 Å². The van der Waals surface area contributed by atoms with Gasteiger partial charge in [0.2, 0.25) is 11.1 Å². The Morgan fingerprint density at radius 3 is 2.72 bits per heavy atom. The molecule has 0 radical (unpaired) electrons. The molecule has 0 saturated carbocycles. The van der Waals surface area contributed by atoms with Gasteiger partial charge in [-0.2, -0.15) is 4.31 Å². The minimum Gasteiger partial charge on any atom is -0.335 e. The SMILES string of the molecule is C=C[C@H]1CN(Cc2ccccn2)C(=O)C2CCCC1N2S(=O)(=O)c1nc2ccccc2[nH]1. The van der Waals surface area contributed by atoms with Crippen LogP contribution >= 0.6 is 0 Å². The highest BCUT2D eigenvalue weighted by Gasteiger charge is 2.50. The molecule has 1 N–H and O–H groups in total. The van der Waals surface area contributed by atoms with Crippen LogP contribution in [0.3, 0.4) is 0 Å². The Bertz CT molecular complexity index is 1220. The number of pyridine rings is 1. The number of hydrogen-bond donors (Lipinski definition) is 1. The number of hydrogen-bond acceptors (Lipinski definition) is 5. The molecule has 2 aliphatic heterocycles. The first kappa shape index (κ1) is 20.8. The van der Waals surface area contributed by atoms with Crippen molar-refractivity contribution < 1.29 is 13.2 Å². The Balaban J connectivity index is 1.56. The molecule has 3 atom stereocenters. The van der Waals surface area contributed by atoms with E-state index in [1.54, 1.807) is 29.3 Å². The summed E-state index contributed by atoms with van der Waals surface area (Å²) in [6, 6.07) is 11.7. The summed E-state index contributed by atoms with van der Waals surface area (Å²) in [4.78, 5) is 27.0. The zero-order valence-electron chi connectivity index (χ0n) is 17.6. The molecule has 32 heavy (non-hydrogen) atoms. The average Bonchev–Trinajstić information content (AvgIpc) is 3.24. The number of H-pyrrole nitrogens is 1. The molecule has 8 nitrogen and oxygen atoms in total. The fourth-order valence-corrected chi connectivity index (χ4v) is 6.68. The normalized spacial score (nSPS) is 24.4. The molecular weight excluding hydrogens is 426 g/mol. The topological polar surface area (TPSA) is 99.3 Å². The van der Waals surface area contributed by atoms with E-state index in [1.165, 1.54) is 4.31 Å². The van der Waals surface area contributed by atoms with Gasteiger partial charge in [0.05, 0.1) is 23.3 Å². The fourth-order valence-electron chi connectivity index (χ4n) is 4.88. The van der Waals surface area contributed by atoms with Crippen molar-refractivity contribution in [3.8, 4) is 0 Å². The highest BCUT2D eigenvalue weighted by atomic mass is 32.2. The van der Waals surface area contributed by atoms with Gasteiger partial charge in [0, 0.05) is 24.7 Å². The number of sulfonamides is 1. The molecule has 0 spiro atoms. The van der Waals surface area contributed by atoms with Crippen molar-refractivity contribution in [2.75, 3.05) is 6.54 Å². The predicted molar refractivity (Wildman–Crippen MR) is 120 cm³/mol. The second kappa shape index (κ2) is 8.14. The van der Waals surface area contributed by atoms with Crippen LogP contribution in [0.25, 0.3) is 11.0 Å². The molecule has 1 aromatic carbocycles. The zero-order chi connectivity index (χ0) is 22.3. The standard InChI is InChI=1S/C23H25N5O3S/c1-2-16-14-27(15-17-8-5-6-13-24-17)22(29)21-12-7-11-20(16)28(21)32(30,31)23-25-18-9-3-4-10-19(18)26-23/h2-6,8-10,13,16,20-21H,1,7,11-12,14-15H2,(H,25,26)/t16-,20?,21?/m0/s1. The molecule has 0 aliphatic carbocycles. The lowest BCUT2D eigenvalue weighted by Crippen LogP contribution is -2.54. The van der Waals surface area contributed by atoms with Crippen LogP contribution in [0.15, 0.2) is 66.5 Å². The maximum absolute atomic E-state index is 13.8. The molecule has 4 heterocycles. The number of carbonyl (C=O) groups is 1. The molecule has 2 saturated heterocycles. The minimum atomic E-state index is -4.02. The Hall–Kier alpha value is -3.04. The molecule has 5 rings (SSSR count). The van der Waals surface area contributed by atoms with E-state index in [0.717, 1.165) is 12.1 Å². The van der Waals surface area contributed by atoms with Gasteiger partial charge < -0.3 is 9.88 Å². The van der Waals surface area contributed by atoms with Crippen LogP contribution in [0.5, 0.6) is 0 Å². The Labute approximate surface area is 187 Å². The summed E-state index contributed by atoms with van der Waals surface area (Å²) in [5.74, 6) is -0.378. The fraction of sp³-hybridized carbons (Fsp3) is 0.348. The highest BCUT2D eigenvalue weighted by Crippen LogP contribution is 2.37. The van der Waals surface area contributed by atoms with Gasteiger partial charge in [-0.3, -0.25) is 9.78 Å². The van der Waals surface area contributed by atoms with E-state index in [-0.39, 0.29) is 23.0 Å². The van der Waals surface area contributed by atoms with E-state index in [0.29, 0.717) is 37.0 Å². The maximum Gasteiger partial charge on any atom is 0.277 e. The Kier molecular flexibility index (Phi) is 5.30. The summed E-state index contributed by atoms with van der Waals surface area (Å²) in [5.41, 5.74) is 2.00. The van der Waals surface area contributed by atoms with Crippen molar-refractivity contribution in [3.63, 3.8) is 0 Å². The van der Waals surface area contributed by atoms with E-state index >= 15 is 0 Å². The number of amides is 1. The molecule has 2 bridgehead atoms. The van der Waals surface area contributed by atoms with Crippen LogP contribution in [0.4, 0.5) is 0 Å². The summed E-state index contributed by atoms with van der Waals surface area (Å²) >= 11 is 0. The summed E-state index contributed by atoms with van der Waals surface area (Å²) in [5, 5.41) is -0.121. The molecule has 2 aromatic heterocycles. The van der Waals surface area contributed by atoms with Crippen LogP contribution in [0, 0.1) is 5.92 Å². The number of carbonyl (C=O) groups excluding carboxylic acids is 1. The second-order valence-electron chi connectivity index (χ2n) is 8.35. The predicted octanol–water partition coefficient (Wildman–Crippen LogP) is 2.71. The number of aromatic amines is 1. The van der Waals surface area contributed by atoms with Gasteiger partial charge in [-0.25, -0.2) is 13.4 Å². The molecule has 9 heteroatoms. The quantitative estimate of drug-likeness (QED) is 0.602. The number of para-hydroxylation sites is 2. The van der Waals surface area contributed by atoms with Crippen molar-refractivity contribution in [3.05, 3.63) is 67.0 Å². The largest absolute Gasteiger partial charge is 0.335 e. The Morgan fingerprint density at radius 1 is 1.16 bits per heavy atom. The van der Waals surface area contributed by atoms with Crippen LogP contribution in [-0.4, -0.2) is 57.1 Å². The Morgan fingerprint density at radius 2 is 1.97 bits per heavy atom. The minimum absolute atomic E-state index is 0.121. The number of benzene rings is 1. The first-order chi connectivity index (χ1) is 15.5. The van der Waals surface area contributed by atoms with Gasteiger partial charge in [0.15, 0.2) is 0 Å². The smallest absolute Gasteiger partial charge is 0.277 e. The van der Waals surface area contributed by atoms with Gasteiger partial charge in [-0.05, 0) is 43.5 Å². The summed E-state index contributed by atoms with van der Waals surface area (Å²) < 4.78 is 29.0. The van der Waals surface area contributed by atoms with Crippen LogP contribution in [0.2, 0.25) is 0 Å². The van der Waals surface area contributed by atoms with E-state index in [1.807, 2.05) is 30.3 Å². The lowest BCUT2D eigenvalue weighted by atomic mass is 9.90. The van der Waals surface area contributed by atoms with E-state index in [4.69, 9.17) is 0 Å². The summed E-state index contributed by atoms with van der Waals surface area (Å²) in [6.45, 7) is 4.71. The molecule has 2 unspecified atom stereocenters. The molecule has 2 fully saturated rings. The number of imidazole rings is 1. The lowest BCUT2D eigenvalue weighted by Gasteiger charge is -2.39. The van der Waals surface area contributed by atoms with Crippen molar-refractivity contribution in [2.45, 2.75) is 43.0 Å². The number of aromatic nitrogens is 3. The summed E-state index contributed by atoms with van der Waals surface area (Å²) in [7, 11) is -4.02. The molecular formula is C23H25N5O3S. The number of fused-ring (bicyclic) bond motifs is 3. The zero-order valence-corrected chi connectivity index (χ0v) is 18.4. The molecule has 166 valence electrons. The molecule has 1 amide bonds. The first-order valence-electron chi connectivity index (χ1n) is 10.8. The number of rotatable bonds is 5. The van der Waals surface area contributed by atoms with Gasteiger partial charge in [0.1, 0.15) is 6.04 Å². The third-order valence-electron chi connectivity index (χ3n) is 6.40. The monoisotopic (exact) mass is 451 g/mol. The third-order valence-corrected chi connectivity index (χ3v) is 8.17. The number of piperidine rings is 1.